The third-order valence-electron chi connectivity index (χ3n) is 2.86. The van der Waals surface area contributed by atoms with E-state index in [1.165, 1.54) is 0 Å². The first-order chi connectivity index (χ1) is 8.58. The van der Waals surface area contributed by atoms with Crippen LogP contribution in [0.3, 0.4) is 0 Å². The maximum absolute atomic E-state index is 5.47. The van der Waals surface area contributed by atoms with Crippen molar-refractivity contribution in [2.75, 3.05) is 6.54 Å². The van der Waals surface area contributed by atoms with E-state index in [1.807, 2.05) is 18.4 Å². The zero-order valence-electron chi connectivity index (χ0n) is 11.4. The summed E-state index contributed by atoms with van der Waals surface area (Å²) in [6.07, 6.45) is 3.43. The monoisotopic (exact) mass is 248 g/mol. The molecular formula is C13H20N4O. The molecule has 0 radical (unpaired) electrons. The van der Waals surface area contributed by atoms with E-state index in [0.29, 0.717) is 11.9 Å². The van der Waals surface area contributed by atoms with Crippen molar-refractivity contribution in [3.8, 4) is 6.01 Å². The van der Waals surface area contributed by atoms with E-state index >= 15 is 0 Å². The average molecular weight is 248 g/mol. The van der Waals surface area contributed by atoms with E-state index in [-0.39, 0.29) is 0 Å². The van der Waals surface area contributed by atoms with Crippen molar-refractivity contribution < 1.29 is 4.42 Å². The topological polar surface area (TPSA) is 55.9 Å². The van der Waals surface area contributed by atoms with Crippen LogP contribution in [0.4, 0.5) is 0 Å². The third-order valence-corrected chi connectivity index (χ3v) is 2.86. The van der Waals surface area contributed by atoms with Crippen LogP contribution in [-0.2, 0) is 6.54 Å². The number of aromatic nitrogens is 3. The Balaban J connectivity index is 2.04. The lowest BCUT2D eigenvalue weighted by molar-refractivity contribution is 0.520. The molecule has 0 atom stereocenters. The molecule has 5 heteroatoms. The van der Waals surface area contributed by atoms with E-state index in [0.717, 1.165) is 30.2 Å². The maximum Gasteiger partial charge on any atom is 0.307 e. The largest absolute Gasteiger partial charge is 0.431 e. The van der Waals surface area contributed by atoms with Crippen molar-refractivity contribution >= 4 is 0 Å². The molecule has 2 aromatic rings. The molecule has 2 heterocycles. The first-order valence-electron chi connectivity index (χ1n) is 6.24. The predicted octanol–water partition coefficient (Wildman–Crippen LogP) is 2.22. The highest BCUT2D eigenvalue weighted by Gasteiger charge is 2.10. The van der Waals surface area contributed by atoms with E-state index in [9.17, 15) is 0 Å². The average Bonchev–Trinajstić information content (AvgIpc) is 2.88. The van der Waals surface area contributed by atoms with Crippen molar-refractivity contribution in [3.05, 3.63) is 29.7 Å². The smallest absolute Gasteiger partial charge is 0.307 e. The highest BCUT2D eigenvalue weighted by Crippen LogP contribution is 2.13. The number of nitrogens with one attached hydrogen (secondary N) is 1. The minimum atomic E-state index is 0.578. The van der Waals surface area contributed by atoms with Crippen molar-refractivity contribution in [1.82, 2.24) is 19.9 Å². The van der Waals surface area contributed by atoms with Gasteiger partial charge in [0.15, 0.2) is 0 Å². The molecule has 2 rings (SSSR count). The van der Waals surface area contributed by atoms with Crippen molar-refractivity contribution in [1.29, 1.82) is 0 Å². The van der Waals surface area contributed by atoms with E-state index < -0.39 is 0 Å². The van der Waals surface area contributed by atoms with Gasteiger partial charge in [-0.1, -0.05) is 13.8 Å². The van der Waals surface area contributed by atoms with Gasteiger partial charge in [0.25, 0.3) is 0 Å². The summed E-state index contributed by atoms with van der Waals surface area (Å²) in [6.45, 7) is 10.0. The summed E-state index contributed by atoms with van der Waals surface area (Å²) in [7, 11) is 0. The number of imidazole rings is 1. The molecule has 18 heavy (non-hydrogen) atoms. The molecule has 2 aromatic heterocycles. The summed E-state index contributed by atoms with van der Waals surface area (Å²) in [5.74, 6) is 0.634. The van der Waals surface area contributed by atoms with Crippen LogP contribution >= 0.6 is 0 Å². The molecule has 0 fully saturated rings. The first kappa shape index (κ1) is 12.8. The molecule has 1 N–H and O–H groups in total. The van der Waals surface area contributed by atoms with E-state index in [4.69, 9.17) is 4.42 Å². The van der Waals surface area contributed by atoms with E-state index in [1.54, 1.807) is 12.6 Å². The second-order valence-corrected chi connectivity index (χ2v) is 4.93. The van der Waals surface area contributed by atoms with Crippen LogP contribution in [0.1, 0.15) is 30.9 Å². The molecule has 0 aliphatic rings. The Kier molecular flexibility index (Phi) is 3.81. The Labute approximate surface area is 107 Å². The first-order valence-corrected chi connectivity index (χ1v) is 6.24. The van der Waals surface area contributed by atoms with Gasteiger partial charge in [0, 0.05) is 12.2 Å². The number of rotatable bonds is 5. The Morgan fingerprint density at radius 3 is 2.78 bits per heavy atom. The van der Waals surface area contributed by atoms with Gasteiger partial charge < -0.3 is 9.73 Å². The number of hydrogen-bond acceptors (Lipinski definition) is 4. The zero-order chi connectivity index (χ0) is 13.1. The quantitative estimate of drug-likeness (QED) is 0.881. The van der Waals surface area contributed by atoms with Crippen molar-refractivity contribution in [2.45, 2.75) is 34.2 Å². The summed E-state index contributed by atoms with van der Waals surface area (Å²) < 4.78 is 7.34. The molecule has 0 unspecified atom stereocenters. The summed E-state index contributed by atoms with van der Waals surface area (Å²) >= 11 is 0. The third kappa shape index (κ3) is 2.79. The Hall–Kier alpha value is -1.62. The Bertz CT molecular complexity index is 513. The molecule has 0 aliphatic carbocycles. The van der Waals surface area contributed by atoms with Crippen molar-refractivity contribution in [3.63, 3.8) is 0 Å². The summed E-state index contributed by atoms with van der Waals surface area (Å²) in [5, 5.41) is 3.34. The van der Waals surface area contributed by atoms with Gasteiger partial charge in [-0.05, 0) is 26.3 Å². The predicted molar refractivity (Wildman–Crippen MR) is 69.6 cm³/mol. The molecule has 0 spiro atoms. The van der Waals surface area contributed by atoms with Crippen LogP contribution in [-0.4, -0.2) is 21.1 Å². The lowest BCUT2D eigenvalue weighted by Crippen LogP contribution is -2.19. The minimum Gasteiger partial charge on any atom is -0.431 e. The highest BCUT2D eigenvalue weighted by molar-refractivity contribution is 5.20. The van der Waals surface area contributed by atoms with Crippen LogP contribution in [0.15, 0.2) is 17.0 Å². The fourth-order valence-electron chi connectivity index (χ4n) is 1.67. The second kappa shape index (κ2) is 5.35. The summed E-state index contributed by atoms with van der Waals surface area (Å²) in [4.78, 5) is 8.68. The summed E-state index contributed by atoms with van der Waals surface area (Å²) in [5.41, 5.74) is 2.96. The van der Waals surface area contributed by atoms with Gasteiger partial charge in [-0.2, -0.15) is 4.98 Å². The lowest BCUT2D eigenvalue weighted by atomic mass is 10.2. The molecule has 0 amide bonds. The molecule has 0 saturated heterocycles. The standard InChI is InChI=1S/C13H20N4O/c1-9(2)5-14-6-12-7-18-13(16-12)17-8-15-10(3)11(17)4/h7-9,14H,5-6H2,1-4H3. The van der Waals surface area contributed by atoms with Gasteiger partial charge >= 0.3 is 6.01 Å². The van der Waals surface area contributed by atoms with Crippen LogP contribution in [0.5, 0.6) is 0 Å². The van der Waals surface area contributed by atoms with Gasteiger partial charge in [-0.25, -0.2) is 4.98 Å². The molecule has 0 bridgehead atoms. The second-order valence-electron chi connectivity index (χ2n) is 4.93. The van der Waals surface area contributed by atoms with Gasteiger partial charge in [0.2, 0.25) is 0 Å². The van der Waals surface area contributed by atoms with Crippen LogP contribution in [0, 0.1) is 19.8 Å². The molecule has 98 valence electrons. The van der Waals surface area contributed by atoms with Gasteiger partial charge in [-0.3, -0.25) is 4.57 Å². The zero-order valence-corrected chi connectivity index (χ0v) is 11.4. The normalized spacial score (nSPS) is 11.4. The lowest BCUT2D eigenvalue weighted by Gasteiger charge is -2.04. The SMILES string of the molecule is Cc1ncn(-c2nc(CNCC(C)C)co2)c1C. The fraction of sp³-hybridized carbons (Fsp3) is 0.538. The molecule has 5 nitrogen and oxygen atoms in total. The maximum atomic E-state index is 5.47. The fourth-order valence-corrected chi connectivity index (χ4v) is 1.67. The van der Waals surface area contributed by atoms with Crippen molar-refractivity contribution in [2.24, 2.45) is 5.92 Å². The van der Waals surface area contributed by atoms with Gasteiger partial charge in [0.1, 0.15) is 12.6 Å². The van der Waals surface area contributed by atoms with E-state index in [2.05, 4.69) is 29.1 Å². The van der Waals surface area contributed by atoms with Crippen LogP contribution < -0.4 is 5.32 Å². The van der Waals surface area contributed by atoms with Crippen LogP contribution in [0.2, 0.25) is 0 Å². The molecular weight excluding hydrogens is 228 g/mol. The van der Waals surface area contributed by atoms with Crippen LogP contribution in [0.25, 0.3) is 6.01 Å². The number of hydrogen-bond donors (Lipinski definition) is 1. The molecule has 0 aromatic carbocycles. The number of nitrogens with zero attached hydrogens (tertiary/aromatic N) is 3. The van der Waals surface area contributed by atoms with Gasteiger partial charge in [0.05, 0.1) is 11.4 Å². The Morgan fingerprint density at radius 2 is 2.17 bits per heavy atom. The molecule has 0 saturated carbocycles. The minimum absolute atomic E-state index is 0.578. The Morgan fingerprint density at radius 1 is 1.39 bits per heavy atom. The van der Waals surface area contributed by atoms with Gasteiger partial charge in [-0.15, -0.1) is 0 Å². The number of oxazole rings is 1. The molecule has 0 aliphatic heterocycles. The highest BCUT2D eigenvalue weighted by atomic mass is 16.4. The number of aryl methyl sites for hydroxylation is 1. The summed E-state index contributed by atoms with van der Waals surface area (Å²) in [6, 6.07) is 0.578.